The molecule has 2 heterocycles. The summed E-state index contributed by atoms with van der Waals surface area (Å²) in [7, 11) is 4.39. The molecule has 0 aliphatic heterocycles. The molecule has 1 fully saturated rings. The van der Waals surface area contributed by atoms with Crippen molar-refractivity contribution in [2.45, 2.75) is 57.0 Å². The number of rotatable bonds is 3. The highest BCUT2D eigenvalue weighted by molar-refractivity contribution is 7.19. The van der Waals surface area contributed by atoms with Crippen molar-refractivity contribution in [3.05, 3.63) is 16.8 Å². The standard InChI is InChI=1S/C17H24N4S/c1-21(2)12-6-3-5-11(9-12)20-16-15-13-7-4-8-14(13)22-17(15)19-10-18-16/h10-12H,3-9H2,1-2H3,(H,18,19,20). The molecule has 4 nitrogen and oxygen atoms in total. The van der Waals surface area contributed by atoms with E-state index in [1.165, 1.54) is 65.6 Å². The second-order valence-corrected chi connectivity index (χ2v) is 7.97. The molecule has 0 spiro atoms. The summed E-state index contributed by atoms with van der Waals surface area (Å²) in [4.78, 5) is 14.2. The number of aromatic nitrogens is 2. The molecule has 2 aliphatic carbocycles. The van der Waals surface area contributed by atoms with Crippen LogP contribution in [0, 0.1) is 0 Å². The number of hydrogen-bond donors (Lipinski definition) is 1. The second-order valence-electron chi connectivity index (χ2n) is 6.89. The summed E-state index contributed by atoms with van der Waals surface area (Å²) in [6.45, 7) is 0. The Morgan fingerprint density at radius 2 is 2.09 bits per heavy atom. The molecule has 0 radical (unpaired) electrons. The first-order valence-corrected chi connectivity index (χ1v) is 9.22. The quantitative estimate of drug-likeness (QED) is 0.941. The lowest BCUT2D eigenvalue weighted by Crippen LogP contribution is -2.38. The van der Waals surface area contributed by atoms with E-state index in [0.29, 0.717) is 12.1 Å². The van der Waals surface area contributed by atoms with Crippen molar-refractivity contribution in [1.82, 2.24) is 14.9 Å². The average molecular weight is 316 g/mol. The van der Waals surface area contributed by atoms with Gasteiger partial charge in [0.25, 0.3) is 0 Å². The molecule has 2 aromatic rings. The maximum atomic E-state index is 4.59. The lowest BCUT2D eigenvalue weighted by molar-refractivity contribution is 0.219. The topological polar surface area (TPSA) is 41.0 Å². The number of thiophene rings is 1. The Balaban J connectivity index is 1.62. The summed E-state index contributed by atoms with van der Waals surface area (Å²) < 4.78 is 0. The van der Waals surface area contributed by atoms with Crippen LogP contribution >= 0.6 is 11.3 Å². The fraction of sp³-hybridized carbons (Fsp3) is 0.647. The predicted molar refractivity (Wildman–Crippen MR) is 92.8 cm³/mol. The molecule has 0 bridgehead atoms. The van der Waals surface area contributed by atoms with Gasteiger partial charge in [-0.05, 0) is 64.6 Å². The van der Waals surface area contributed by atoms with Crippen LogP contribution < -0.4 is 5.32 Å². The highest BCUT2D eigenvalue weighted by atomic mass is 32.1. The van der Waals surface area contributed by atoms with Crippen LogP contribution in [0.4, 0.5) is 5.82 Å². The first-order valence-electron chi connectivity index (χ1n) is 8.40. The van der Waals surface area contributed by atoms with Gasteiger partial charge in [-0.15, -0.1) is 11.3 Å². The maximum Gasteiger partial charge on any atom is 0.138 e. The van der Waals surface area contributed by atoms with E-state index in [2.05, 4.69) is 34.3 Å². The van der Waals surface area contributed by atoms with E-state index in [4.69, 9.17) is 0 Å². The van der Waals surface area contributed by atoms with Crippen molar-refractivity contribution < 1.29 is 0 Å². The zero-order valence-corrected chi connectivity index (χ0v) is 14.2. The van der Waals surface area contributed by atoms with E-state index >= 15 is 0 Å². The number of fused-ring (bicyclic) bond motifs is 3. The first kappa shape index (κ1) is 14.4. The number of anilines is 1. The third-order valence-electron chi connectivity index (χ3n) is 5.22. The van der Waals surface area contributed by atoms with Crippen LogP contribution in [0.2, 0.25) is 0 Å². The SMILES string of the molecule is CN(C)C1CCCC(Nc2ncnc3sc4c(c23)CCC4)C1. The van der Waals surface area contributed by atoms with E-state index in [9.17, 15) is 0 Å². The summed E-state index contributed by atoms with van der Waals surface area (Å²) in [6, 6.07) is 1.23. The highest BCUT2D eigenvalue weighted by Gasteiger charge is 2.26. The highest BCUT2D eigenvalue weighted by Crippen LogP contribution is 2.39. The van der Waals surface area contributed by atoms with Gasteiger partial charge in [0, 0.05) is 17.0 Å². The zero-order valence-electron chi connectivity index (χ0n) is 13.4. The minimum absolute atomic E-state index is 0.538. The van der Waals surface area contributed by atoms with Gasteiger partial charge in [-0.25, -0.2) is 9.97 Å². The van der Waals surface area contributed by atoms with Crippen molar-refractivity contribution in [2.75, 3.05) is 19.4 Å². The largest absolute Gasteiger partial charge is 0.367 e. The van der Waals surface area contributed by atoms with Gasteiger partial charge in [0.2, 0.25) is 0 Å². The molecule has 118 valence electrons. The monoisotopic (exact) mass is 316 g/mol. The Labute approximate surface area is 136 Å². The van der Waals surface area contributed by atoms with Gasteiger partial charge < -0.3 is 10.2 Å². The van der Waals surface area contributed by atoms with Crippen molar-refractivity contribution in [1.29, 1.82) is 0 Å². The Bertz CT molecular complexity index is 679. The average Bonchev–Trinajstić information content (AvgIpc) is 3.08. The van der Waals surface area contributed by atoms with Gasteiger partial charge in [-0.1, -0.05) is 0 Å². The molecule has 0 saturated heterocycles. The molecule has 2 aliphatic rings. The lowest BCUT2D eigenvalue weighted by atomic mass is 9.90. The number of nitrogens with zero attached hydrogens (tertiary/aromatic N) is 3. The van der Waals surface area contributed by atoms with E-state index in [1.54, 1.807) is 6.33 Å². The first-order chi connectivity index (χ1) is 10.7. The van der Waals surface area contributed by atoms with Crippen molar-refractivity contribution in [3.63, 3.8) is 0 Å². The Morgan fingerprint density at radius 3 is 2.95 bits per heavy atom. The minimum Gasteiger partial charge on any atom is -0.367 e. The van der Waals surface area contributed by atoms with Crippen LogP contribution in [0.5, 0.6) is 0 Å². The van der Waals surface area contributed by atoms with Crippen molar-refractivity contribution in [3.8, 4) is 0 Å². The van der Waals surface area contributed by atoms with E-state index in [-0.39, 0.29) is 0 Å². The smallest absolute Gasteiger partial charge is 0.138 e. The van der Waals surface area contributed by atoms with E-state index < -0.39 is 0 Å². The molecule has 22 heavy (non-hydrogen) atoms. The van der Waals surface area contributed by atoms with Gasteiger partial charge in [0.1, 0.15) is 17.0 Å². The molecular weight excluding hydrogens is 292 g/mol. The molecule has 0 aromatic carbocycles. The maximum absolute atomic E-state index is 4.59. The molecular formula is C17H24N4S. The third kappa shape index (κ3) is 2.50. The van der Waals surface area contributed by atoms with Crippen molar-refractivity contribution >= 4 is 27.4 Å². The molecule has 2 atom stereocenters. The Kier molecular flexibility index (Phi) is 3.78. The lowest BCUT2D eigenvalue weighted by Gasteiger charge is -2.34. The second kappa shape index (κ2) is 5.78. The van der Waals surface area contributed by atoms with Gasteiger partial charge >= 0.3 is 0 Å². The van der Waals surface area contributed by atoms with E-state index in [1.807, 2.05) is 11.3 Å². The van der Waals surface area contributed by atoms with Gasteiger partial charge in [-0.3, -0.25) is 0 Å². The Morgan fingerprint density at radius 1 is 1.18 bits per heavy atom. The Hall–Kier alpha value is -1.20. The molecule has 2 aromatic heterocycles. The summed E-state index contributed by atoms with van der Waals surface area (Å²) in [5, 5.41) is 5.07. The van der Waals surface area contributed by atoms with Gasteiger partial charge in [0.15, 0.2) is 0 Å². The summed E-state index contributed by atoms with van der Waals surface area (Å²) in [6.07, 6.45) is 10.5. The summed E-state index contributed by atoms with van der Waals surface area (Å²) in [5.74, 6) is 1.08. The summed E-state index contributed by atoms with van der Waals surface area (Å²) >= 11 is 1.87. The molecule has 4 rings (SSSR count). The molecule has 0 amide bonds. The van der Waals surface area contributed by atoms with Crippen LogP contribution in [0.15, 0.2) is 6.33 Å². The summed E-state index contributed by atoms with van der Waals surface area (Å²) in [5.41, 5.74) is 1.52. The van der Waals surface area contributed by atoms with E-state index in [0.717, 1.165) is 5.82 Å². The fourth-order valence-corrected chi connectivity index (χ4v) is 5.22. The zero-order chi connectivity index (χ0) is 15.1. The van der Waals surface area contributed by atoms with Crippen LogP contribution in [0.3, 0.4) is 0 Å². The van der Waals surface area contributed by atoms with Crippen molar-refractivity contribution in [2.24, 2.45) is 0 Å². The number of aryl methyl sites for hydroxylation is 2. The van der Waals surface area contributed by atoms with Crippen LogP contribution in [-0.4, -0.2) is 41.0 Å². The van der Waals surface area contributed by atoms with Crippen LogP contribution in [0.1, 0.15) is 42.5 Å². The molecule has 5 heteroatoms. The number of nitrogens with one attached hydrogen (secondary N) is 1. The normalized spacial score (nSPS) is 24.9. The van der Waals surface area contributed by atoms with Crippen LogP contribution in [0.25, 0.3) is 10.2 Å². The number of hydrogen-bond acceptors (Lipinski definition) is 5. The van der Waals surface area contributed by atoms with Gasteiger partial charge in [-0.2, -0.15) is 0 Å². The fourth-order valence-electron chi connectivity index (χ4n) is 4.00. The van der Waals surface area contributed by atoms with Crippen LogP contribution in [-0.2, 0) is 12.8 Å². The van der Waals surface area contributed by atoms with Gasteiger partial charge in [0.05, 0.1) is 5.39 Å². The molecule has 1 N–H and O–H groups in total. The minimum atomic E-state index is 0.538. The third-order valence-corrected chi connectivity index (χ3v) is 6.42. The molecule has 2 unspecified atom stereocenters. The molecule has 1 saturated carbocycles. The predicted octanol–water partition coefficient (Wildman–Crippen LogP) is 3.46.